The summed E-state index contributed by atoms with van der Waals surface area (Å²) in [6.45, 7) is 0. The number of methoxy groups -OCH3 is 1. The van der Waals surface area contributed by atoms with Crippen molar-refractivity contribution in [3.05, 3.63) is 71.8 Å². The number of nitrogens with zero attached hydrogens (tertiary/aromatic N) is 1. The highest BCUT2D eigenvalue weighted by Crippen LogP contribution is 2.37. The van der Waals surface area contributed by atoms with Gasteiger partial charge in [0.1, 0.15) is 28.6 Å². The number of carbonyl (C=O) groups is 2. The highest BCUT2D eigenvalue weighted by molar-refractivity contribution is 6.07. The molecule has 0 bridgehead atoms. The summed E-state index contributed by atoms with van der Waals surface area (Å²) in [7, 11) is 1.18. The van der Waals surface area contributed by atoms with Crippen molar-refractivity contribution in [2.75, 3.05) is 12.4 Å². The topological polar surface area (TPSA) is 113 Å². The number of rotatable bonds is 7. The monoisotopic (exact) mass is 465 g/mol. The number of nitrogens with two attached hydrogens (primary N) is 1. The summed E-state index contributed by atoms with van der Waals surface area (Å²) in [5, 5.41) is 2.40. The quantitative estimate of drug-likeness (QED) is 0.504. The molecule has 33 heavy (non-hydrogen) atoms. The van der Waals surface area contributed by atoms with Crippen LogP contribution in [0.15, 0.2) is 54.7 Å². The van der Waals surface area contributed by atoms with Crippen LogP contribution in [0.4, 0.5) is 23.2 Å². The molecule has 0 radical (unpaired) electrons. The summed E-state index contributed by atoms with van der Waals surface area (Å²) < 4.78 is 66.3. The number of aromatic nitrogens is 1. The Morgan fingerprint density at radius 3 is 2.45 bits per heavy atom. The third-order valence-electron chi connectivity index (χ3n) is 4.06. The Bertz CT molecular complexity index is 1200. The van der Waals surface area contributed by atoms with E-state index in [4.69, 9.17) is 15.2 Å². The molecule has 0 fully saturated rings. The van der Waals surface area contributed by atoms with Crippen LogP contribution in [0.25, 0.3) is 0 Å². The number of alkyl halides is 3. The third-order valence-corrected chi connectivity index (χ3v) is 4.06. The van der Waals surface area contributed by atoms with Crippen LogP contribution in [0, 0.1) is 5.82 Å². The molecule has 0 saturated heterocycles. The van der Waals surface area contributed by atoms with E-state index in [0.717, 1.165) is 24.3 Å². The minimum atomic E-state index is -4.91. The fourth-order valence-electron chi connectivity index (χ4n) is 2.69. The Morgan fingerprint density at radius 1 is 1.03 bits per heavy atom. The van der Waals surface area contributed by atoms with E-state index >= 15 is 0 Å². The largest absolute Gasteiger partial charge is 0.573 e. The lowest BCUT2D eigenvalue weighted by Gasteiger charge is -2.16. The van der Waals surface area contributed by atoms with E-state index < -0.39 is 35.3 Å². The number of primary amides is 1. The van der Waals surface area contributed by atoms with Gasteiger partial charge in [-0.15, -0.1) is 13.2 Å². The second-order valence-electron chi connectivity index (χ2n) is 6.32. The lowest BCUT2D eigenvalue weighted by molar-refractivity contribution is -0.274. The summed E-state index contributed by atoms with van der Waals surface area (Å²) in [5.74, 6) is -3.78. The first-order chi connectivity index (χ1) is 15.6. The number of ether oxygens (including phenoxy) is 3. The summed E-state index contributed by atoms with van der Waals surface area (Å²) in [6.07, 6.45) is -3.69. The molecule has 8 nitrogen and oxygen atoms in total. The number of hydrogen-bond acceptors (Lipinski definition) is 6. The molecule has 1 heterocycles. The van der Waals surface area contributed by atoms with Crippen LogP contribution in [0.3, 0.4) is 0 Å². The molecule has 0 aliphatic rings. The number of pyridine rings is 1. The summed E-state index contributed by atoms with van der Waals surface area (Å²) >= 11 is 0. The van der Waals surface area contributed by atoms with Crippen LogP contribution in [0.1, 0.15) is 20.8 Å². The van der Waals surface area contributed by atoms with Gasteiger partial charge >= 0.3 is 6.36 Å². The third kappa shape index (κ3) is 5.87. The standard InChI is InChI=1S/C21H15F4N3O5/c1-31-17-10-12(33-21(23,24)25)5-6-15(17)32-16-4-2-3-13(22)18(16)20(30)28-11-7-8-27-14(9-11)19(26)29/h2-10H,1H3,(H2,26,29)(H,27,28,30). The molecule has 12 heteroatoms. The van der Waals surface area contributed by atoms with E-state index in [1.54, 1.807) is 0 Å². The Kier molecular flexibility index (Phi) is 6.66. The molecule has 0 saturated carbocycles. The Labute approximate surface area is 183 Å². The SMILES string of the molecule is COc1cc(OC(F)(F)F)ccc1Oc1cccc(F)c1C(=O)Nc1ccnc(C(N)=O)c1. The molecule has 0 atom stereocenters. The molecule has 3 aromatic rings. The molecule has 2 aromatic carbocycles. The van der Waals surface area contributed by atoms with E-state index in [-0.39, 0.29) is 28.6 Å². The number of nitrogens with one attached hydrogen (secondary N) is 1. The van der Waals surface area contributed by atoms with Gasteiger partial charge in [0.2, 0.25) is 0 Å². The molecule has 0 aliphatic heterocycles. The molecular weight excluding hydrogens is 450 g/mol. The number of benzene rings is 2. The maximum Gasteiger partial charge on any atom is 0.573 e. The van der Waals surface area contributed by atoms with Gasteiger partial charge < -0.3 is 25.3 Å². The maximum absolute atomic E-state index is 14.5. The first kappa shape index (κ1) is 23.3. The van der Waals surface area contributed by atoms with Crippen molar-refractivity contribution in [2.24, 2.45) is 5.73 Å². The maximum atomic E-state index is 14.5. The van der Waals surface area contributed by atoms with E-state index in [0.29, 0.717) is 0 Å². The van der Waals surface area contributed by atoms with Crippen molar-refractivity contribution < 1.29 is 41.4 Å². The number of amides is 2. The number of anilines is 1. The highest BCUT2D eigenvalue weighted by Gasteiger charge is 2.31. The highest BCUT2D eigenvalue weighted by atomic mass is 19.4. The average Bonchev–Trinajstić information content (AvgIpc) is 2.74. The predicted molar refractivity (Wildman–Crippen MR) is 107 cm³/mol. The van der Waals surface area contributed by atoms with Crippen LogP contribution in [0.5, 0.6) is 23.0 Å². The molecule has 1 aromatic heterocycles. The smallest absolute Gasteiger partial charge is 0.493 e. The van der Waals surface area contributed by atoms with Crippen LogP contribution in [0.2, 0.25) is 0 Å². The number of halogens is 4. The minimum Gasteiger partial charge on any atom is -0.493 e. The van der Waals surface area contributed by atoms with Gasteiger partial charge in [0, 0.05) is 18.0 Å². The first-order valence-electron chi connectivity index (χ1n) is 9.04. The van der Waals surface area contributed by atoms with Gasteiger partial charge in [-0.25, -0.2) is 4.39 Å². The fraction of sp³-hybridized carbons (Fsp3) is 0.0952. The number of hydrogen-bond donors (Lipinski definition) is 2. The molecule has 3 rings (SSSR count). The molecule has 3 N–H and O–H groups in total. The van der Waals surface area contributed by atoms with E-state index in [1.807, 2.05) is 0 Å². The van der Waals surface area contributed by atoms with Crippen molar-refractivity contribution in [1.29, 1.82) is 0 Å². The van der Waals surface area contributed by atoms with Gasteiger partial charge in [-0.3, -0.25) is 14.6 Å². The van der Waals surface area contributed by atoms with Crippen LogP contribution < -0.4 is 25.3 Å². The Hall–Kier alpha value is -4.35. The van der Waals surface area contributed by atoms with Crippen LogP contribution >= 0.6 is 0 Å². The number of carbonyl (C=O) groups excluding carboxylic acids is 2. The zero-order valence-electron chi connectivity index (χ0n) is 16.8. The van der Waals surface area contributed by atoms with Gasteiger partial charge in [-0.1, -0.05) is 6.07 Å². The summed E-state index contributed by atoms with van der Waals surface area (Å²) in [6, 6.07) is 9.11. The average molecular weight is 465 g/mol. The zero-order valence-corrected chi connectivity index (χ0v) is 16.8. The normalized spacial score (nSPS) is 10.9. The van der Waals surface area contributed by atoms with Crippen molar-refractivity contribution in [1.82, 2.24) is 4.98 Å². The first-order valence-corrected chi connectivity index (χ1v) is 9.04. The molecule has 0 spiro atoms. The van der Waals surface area contributed by atoms with Crippen molar-refractivity contribution in [3.8, 4) is 23.0 Å². The molecule has 172 valence electrons. The molecule has 2 amide bonds. The fourth-order valence-corrected chi connectivity index (χ4v) is 2.69. The van der Waals surface area contributed by atoms with Gasteiger partial charge in [0.05, 0.1) is 7.11 Å². The van der Waals surface area contributed by atoms with Gasteiger partial charge in [0.25, 0.3) is 11.8 Å². The molecule has 0 unspecified atom stereocenters. The summed E-state index contributed by atoms with van der Waals surface area (Å²) in [5.41, 5.74) is 4.64. The lowest BCUT2D eigenvalue weighted by Crippen LogP contribution is -2.17. The van der Waals surface area contributed by atoms with Gasteiger partial charge in [-0.2, -0.15) is 0 Å². The van der Waals surface area contributed by atoms with Crippen molar-refractivity contribution in [2.45, 2.75) is 6.36 Å². The second-order valence-corrected chi connectivity index (χ2v) is 6.32. The van der Waals surface area contributed by atoms with Crippen LogP contribution in [-0.4, -0.2) is 30.3 Å². The van der Waals surface area contributed by atoms with Crippen molar-refractivity contribution >= 4 is 17.5 Å². The second kappa shape index (κ2) is 9.42. The lowest BCUT2D eigenvalue weighted by atomic mass is 10.1. The van der Waals surface area contributed by atoms with Gasteiger partial charge in [-0.05, 0) is 36.4 Å². The zero-order chi connectivity index (χ0) is 24.2. The molecular formula is C21H15F4N3O5. The molecule has 0 aliphatic carbocycles. The van der Waals surface area contributed by atoms with Crippen LogP contribution in [-0.2, 0) is 0 Å². The van der Waals surface area contributed by atoms with Gasteiger partial charge in [0.15, 0.2) is 11.5 Å². The van der Waals surface area contributed by atoms with E-state index in [1.165, 1.54) is 37.6 Å². The van der Waals surface area contributed by atoms with E-state index in [2.05, 4.69) is 15.0 Å². The summed E-state index contributed by atoms with van der Waals surface area (Å²) in [4.78, 5) is 27.8. The van der Waals surface area contributed by atoms with E-state index in [9.17, 15) is 27.2 Å². The Morgan fingerprint density at radius 2 is 1.79 bits per heavy atom. The van der Waals surface area contributed by atoms with Crippen molar-refractivity contribution in [3.63, 3.8) is 0 Å². The predicted octanol–water partition coefficient (Wildman–Crippen LogP) is 4.27. The minimum absolute atomic E-state index is 0.105. The Balaban J connectivity index is 1.90.